The van der Waals surface area contributed by atoms with Crippen molar-refractivity contribution in [1.29, 1.82) is 0 Å². The molecule has 3 aromatic heterocycles. The molecule has 0 radical (unpaired) electrons. The van der Waals surface area contributed by atoms with Crippen molar-refractivity contribution < 1.29 is 21.6 Å². The SMILES string of the molecule is CC1=NS(=O)(=O)c2cc3c(=O)n(-c4ccc(CC(=O)CS(=O)(=O)c5ccc(Cl)s5)cn4)ccc3cc2N1. The van der Waals surface area contributed by atoms with Gasteiger partial charge in [0.25, 0.3) is 15.6 Å². The number of nitrogens with one attached hydrogen (secondary N) is 1. The molecule has 10 nitrogen and oxygen atoms in total. The van der Waals surface area contributed by atoms with Crippen molar-refractivity contribution >= 4 is 70.9 Å². The van der Waals surface area contributed by atoms with Crippen LogP contribution in [0.5, 0.6) is 0 Å². The Labute approximate surface area is 220 Å². The lowest BCUT2D eigenvalue weighted by molar-refractivity contribution is -0.116. The van der Waals surface area contributed by atoms with Gasteiger partial charge in [0.05, 0.1) is 10.0 Å². The van der Waals surface area contributed by atoms with Crippen molar-refractivity contribution in [2.75, 3.05) is 11.1 Å². The van der Waals surface area contributed by atoms with Crippen molar-refractivity contribution in [1.82, 2.24) is 9.55 Å². The lowest BCUT2D eigenvalue weighted by atomic mass is 10.1. The summed E-state index contributed by atoms with van der Waals surface area (Å²) in [7, 11) is -7.73. The molecule has 0 unspecified atom stereocenters. The van der Waals surface area contributed by atoms with Crippen LogP contribution in [0.4, 0.5) is 5.69 Å². The quantitative estimate of drug-likeness (QED) is 0.368. The molecule has 1 aliphatic heterocycles. The van der Waals surface area contributed by atoms with Crippen LogP contribution in [0.1, 0.15) is 12.5 Å². The summed E-state index contributed by atoms with van der Waals surface area (Å²) in [6.45, 7) is 1.53. The molecule has 1 aliphatic rings. The highest BCUT2D eigenvalue weighted by Crippen LogP contribution is 2.31. The molecule has 0 amide bonds. The van der Waals surface area contributed by atoms with Crippen LogP contribution < -0.4 is 10.9 Å². The molecule has 0 fully saturated rings. The van der Waals surface area contributed by atoms with Crippen molar-refractivity contribution in [3.8, 4) is 5.82 Å². The Hall–Kier alpha value is -3.39. The first kappa shape index (κ1) is 25.3. The standard InChI is InChI=1S/C23H17ClN4O6S3/c1-13-26-18-9-15-6-7-28(23(30)17(15)10-19(18)37(33,34)27-13)21-4-2-14(11-25-21)8-16(29)12-36(31,32)22-5-3-20(24)35-22/h2-7,9-11H,8,12H2,1H3,(H,26,27). The number of hydrogen-bond donors (Lipinski definition) is 1. The number of hydrogen-bond acceptors (Lipinski definition) is 9. The summed E-state index contributed by atoms with van der Waals surface area (Å²) in [5.41, 5.74) is 0.328. The normalized spacial score (nSPS) is 14.6. The number of ketones is 1. The van der Waals surface area contributed by atoms with Crippen LogP contribution in [0, 0.1) is 0 Å². The zero-order chi connectivity index (χ0) is 26.5. The molecule has 190 valence electrons. The smallest absolute Gasteiger partial charge is 0.286 e. The minimum atomic E-state index is -3.94. The number of anilines is 1. The summed E-state index contributed by atoms with van der Waals surface area (Å²) >= 11 is 6.68. The average molecular weight is 577 g/mol. The Morgan fingerprint density at radius 3 is 2.62 bits per heavy atom. The van der Waals surface area contributed by atoms with Crippen LogP contribution in [0.2, 0.25) is 4.34 Å². The number of aromatic nitrogens is 2. The van der Waals surface area contributed by atoms with E-state index in [1.165, 1.54) is 48.1 Å². The molecule has 0 aliphatic carbocycles. The lowest BCUT2D eigenvalue weighted by Gasteiger charge is -2.17. The van der Waals surface area contributed by atoms with Gasteiger partial charge in [-0.25, -0.2) is 13.4 Å². The van der Waals surface area contributed by atoms with Crippen molar-refractivity contribution in [2.45, 2.75) is 22.4 Å². The second-order valence-electron chi connectivity index (χ2n) is 8.26. The van der Waals surface area contributed by atoms with Gasteiger partial charge in [-0.2, -0.15) is 8.42 Å². The Bertz CT molecular complexity index is 1890. The Morgan fingerprint density at radius 2 is 1.95 bits per heavy atom. The molecular weight excluding hydrogens is 560 g/mol. The third-order valence-corrected chi connectivity index (χ3v) is 10.4. The third-order valence-electron chi connectivity index (χ3n) is 5.52. The number of benzene rings is 1. The van der Waals surface area contributed by atoms with Gasteiger partial charge in [-0.3, -0.25) is 14.2 Å². The number of amidine groups is 1. The summed E-state index contributed by atoms with van der Waals surface area (Å²) in [6.07, 6.45) is 2.74. The maximum absolute atomic E-state index is 13.2. The molecule has 4 aromatic rings. The Balaban J connectivity index is 1.40. The van der Waals surface area contributed by atoms with Gasteiger partial charge in [0, 0.05) is 24.2 Å². The molecule has 14 heteroatoms. The number of thiophene rings is 1. The molecule has 4 heterocycles. The Morgan fingerprint density at radius 1 is 1.16 bits per heavy atom. The van der Waals surface area contributed by atoms with Gasteiger partial charge in [-0.1, -0.05) is 17.7 Å². The fourth-order valence-corrected chi connectivity index (χ4v) is 7.87. The summed E-state index contributed by atoms with van der Waals surface area (Å²) in [4.78, 5) is 29.7. The maximum Gasteiger partial charge on any atom is 0.286 e. The molecule has 0 spiro atoms. The maximum atomic E-state index is 13.2. The fraction of sp³-hybridized carbons (Fsp3) is 0.130. The molecule has 0 saturated carbocycles. The summed E-state index contributed by atoms with van der Waals surface area (Å²) in [5.74, 6) is -0.700. The second kappa shape index (κ2) is 9.17. The monoisotopic (exact) mass is 576 g/mol. The first-order valence-corrected chi connectivity index (χ1v) is 14.9. The van der Waals surface area contributed by atoms with Crippen LogP contribution in [0.3, 0.4) is 0 Å². The van der Waals surface area contributed by atoms with E-state index < -0.39 is 37.0 Å². The van der Waals surface area contributed by atoms with Crippen molar-refractivity contribution in [3.05, 3.63) is 75.1 Å². The van der Waals surface area contributed by atoms with Crippen LogP contribution in [-0.4, -0.2) is 43.8 Å². The summed E-state index contributed by atoms with van der Waals surface area (Å²) in [6, 6.07) is 10.4. The van der Waals surface area contributed by atoms with Gasteiger partial charge in [-0.05, 0) is 54.3 Å². The minimum absolute atomic E-state index is 0.0294. The highest BCUT2D eigenvalue weighted by atomic mass is 35.5. The molecule has 1 aromatic carbocycles. The van der Waals surface area contributed by atoms with E-state index in [1.54, 1.807) is 18.2 Å². The van der Waals surface area contributed by atoms with Gasteiger partial charge in [0.1, 0.15) is 26.5 Å². The first-order valence-electron chi connectivity index (χ1n) is 10.7. The lowest BCUT2D eigenvalue weighted by Crippen LogP contribution is -2.22. The van der Waals surface area contributed by atoms with E-state index in [1.807, 2.05) is 0 Å². The molecular formula is C23H17ClN4O6S3. The molecule has 37 heavy (non-hydrogen) atoms. The van der Waals surface area contributed by atoms with Gasteiger partial charge < -0.3 is 5.32 Å². The van der Waals surface area contributed by atoms with Gasteiger partial charge in [0.15, 0.2) is 15.6 Å². The largest absolute Gasteiger partial charge is 0.342 e. The van der Waals surface area contributed by atoms with Crippen LogP contribution in [0.15, 0.2) is 73.2 Å². The van der Waals surface area contributed by atoms with Crippen molar-refractivity contribution in [2.24, 2.45) is 4.40 Å². The second-order valence-corrected chi connectivity index (χ2v) is 13.8. The fourth-order valence-electron chi connectivity index (χ4n) is 3.90. The number of sulfonamides is 1. The molecule has 0 bridgehead atoms. The molecule has 5 rings (SSSR count). The Kier molecular flexibility index (Phi) is 6.26. The van der Waals surface area contributed by atoms with E-state index in [0.717, 1.165) is 11.3 Å². The molecule has 0 saturated heterocycles. The van der Waals surface area contributed by atoms with E-state index in [-0.39, 0.29) is 32.6 Å². The van der Waals surface area contributed by atoms with Gasteiger partial charge in [-0.15, -0.1) is 15.7 Å². The number of rotatable bonds is 6. The number of pyridine rings is 2. The predicted molar refractivity (Wildman–Crippen MR) is 141 cm³/mol. The molecule has 0 atom stereocenters. The number of carbonyl (C=O) groups excluding carboxylic acids is 1. The third kappa shape index (κ3) is 4.94. The zero-order valence-corrected chi connectivity index (χ0v) is 22.2. The van der Waals surface area contributed by atoms with Crippen LogP contribution in [0.25, 0.3) is 16.6 Å². The number of sulfone groups is 1. The van der Waals surface area contributed by atoms with E-state index in [4.69, 9.17) is 11.6 Å². The number of Topliss-reactive ketones (excluding diaryl/α,β-unsaturated/α-hetero) is 1. The van der Waals surface area contributed by atoms with E-state index in [2.05, 4.69) is 14.7 Å². The average Bonchev–Trinajstić information content (AvgIpc) is 3.26. The first-order chi connectivity index (χ1) is 17.4. The van der Waals surface area contributed by atoms with Crippen LogP contribution in [-0.2, 0) is 31.1 Å². The van der Waals surface area contributed by atoms with Gasteiger partial charge >= 0.3 is 0 Å². The summed E-state index contributed by atoms with van der Waals surface area (Å²) < 4.78 is 55.0. The number of carbonyl (C=O) groups is 1. The highest BCUT2D eigenvalue weighted by molar-refractivity contribution is 7.94. The zero-order valence-electron chi connectivity index (χ0n) is 19.0. The number of nitrogens with zero attached hydrogens (tertiary/aromatic N) is 3. The van der Waals surface area contributed by atoms with Gasteiger partial charge in [0.2, 0.25) is 0 Å². The van der Waals surface area contributed by atoms with E-state index in [0.29, 0.717) is 21.0 Å². The number of halogens is 1. The van der Waals surface area contributed by atoms with E-state index >= 15 is 0 Å². The minimum Gasteiger partial charge on any atom is -0.342 e. The van der Waals surface area contributed by atoms with E-state index in [9.17, 15) is 26.4 Å². The number of fused-ring (bicyclic) bond motifs is 2. The van der Waals surface area contributed by atoms with Crippen molar-refractivity contribution in [3.63, 3.8) is 0 Å². The summed E-state index contributed by atoms with van der Waals surface area (Å²) in [5, 5.41) is 3.60. The predicted octanol–water partition coefficient (Wildman–Crippen LogP) is 3.22. The molecule has 1 N–H and O–H groups in total. The van der Waals surface area contributed by atoms with Crippen LogP contribution >= 0.6 is 22.9 Å². The topological polar surface area (TPSA) is 145 Å². The highest BCUT2D eigenvalue weighted by Gasteiger charge is 2.25.